The zero-order valence-electron chi connectivity index (χ0n) is 12.2. The summed E-state index contributed by atoms with van der Waals surface area (Å²) in [5, 5.41) is 6.98. The van der Waals surface area contributed by atoms with E-state index in [1.807, 2.05) is 0 Å². The molecular formula is C14H21N3O3. The number of nitrogens with one attached hydrogen (secondary N) is 1. The van der Waals surface area contributed by atoms with Crippen molar-refractivity contribution < 1.29 is 14.3 Å². The van der Waals surface area contributed by atoms with E-state index in [4.69, 9.17) is 4.74 Å². The minimum Gasteiger partial charge on any atom is -0.465 e. The number of carbonyl (C=O) groups excluding carboxylic acids is 2. The maximum absolute atomic E-state index is 12.6. The normalized spacial score (nSPS) is 21.1. The highest BCUT2D eigenvalue weighted by molar-refractivity contribution is 5.87. The van der Waals surface area contributed by atoms with Crippen LogP contribution in [0.25, 0.3) is 0 Å². The van der Waals surface area contributed by atoms with E-state index in [-0.39, 0.29) is 30.3 Å². The quantitative estimate of drug-likeness (QED) is 0.837. The predicted octanol–water partition coefficient (Wildman–Crippen LogP) is 1.10. The van der Waals surface area contributed by atoms with E-state index < -0.39 is 0 Å². The number of amides is 1. The van der Waals surface area contributed by atoms with E-state index in [1.165, 1.54) is 4.90 Å². The van der Waals surface area contributed by atoms with E-state index in [1.54, 1.807) is 20.2 Å². The highest BCUT2D eigenvalue weighted by Gasteiger charge is 2.35. The fraction of sp³-hybridized carbons (Fsp3) is 0.643. The SMILES string of the molecule is CCOC(=O)CN(C)C(=O)C1c2cn[nH]c2CCC1C. The van der Waals surface area contributed by atoms with Crippen molar-refractivity contribution in [3.05, 3.63) is 17.5 Å². The average molecular weight is 279 g/mol. The number of H-pyrrole nitrogens is 1. The zero-order valence-corrected chi connectivity index (χ0v) is 12.2. The van der Waals surface area contributed by atoms with Crippen LogP contribution in [0.5, 0.6) is 0 Å². The number of rotatable bonds is 4. The summed E-state index contributed by atoms with van der Waals surface area (Å²) in [6.07, 6.45) is 3.59. The van der Waals surface area contributed by atoms with Gasteiger partial charge in [0.25, 0.3) is 0 Å². The van der Waals surface area contributed by atoms with Gasteiger partial charge in [0.15, 0.2) is 0 Å². The summed E-state index contributed by atoms with van der Waals surface area (Å²) in [6, 6.07) is 0. The van der Waals surface area contributed by atoms with Crippen molar-refractivity contribution in [2.75, 3.05) is 20.2 Å². The van der Waals surface area contributed by atoms with Crippen molar-refractivity contribution in [3.63, 3.8) is 0 Å². The minimum absolute atomic E-state index is 0.0108. The van der Waals surface area contributed by atoms with Crippen molar-refractivity contribution in [2.45, 2.75) is 32.6 Å². The summed E-state index contributed by atoms with van der Waals surface area (Å²) in [7, 11) is 1.64. The first kappa shape index (κ1) is 14.6. The van der Waals surface area contributed by atoms with Gasteiger partial charge in [-0.1, -0.05) is 6.92 Å². The van der Waals surface area contributed by atoms with Crippen molar-refractivity contribution in [3.8, 4) is 0 Å². The van der Waals surface area contributed by atoms with Crippen LogP contribution in [0.4, 0.5) is 0 Å². The van der Waals surface area contributed by atoms with Crippen LogP contribution in [0.3, 0.4) is 0 Å². The minimum atomic E-state index is -0.376. The number of nitrogens with zero attached hydrogens (tertiary/aromatic N) is 2. The van der Waals surface area contributed by atoms with Crippen LogP contribution in [0.2, 0.25) is 0 Å². The van der Waals surface area contributed by atoms with Crippen LogP contribution in [-0.4, -0.2) is 47.2 Å². The number of esters is 1. The molecule has 1 aliphatic carbocycles. The van der Waals surface area contributed by atoms with Gasteiger partial charge in [0, 0.05) is 18.3 Å². The van der Waals surface area contributed by atoms with E-state index in [0.717, 1.165) is 24.1 Å². The first-order chi connectivity index (χ1) is 9.54. The molecule has 0 radical (unpaired) electrons. The van der Waals surface area contributed by atoms with Gasteiger partial charge in [-0.25, -0.2) is 0 Å². The van der Waals surface area contributed by atoms with Crippen LogP contribution in [-0.2, 0) is 20.7 Å². The molecule has 2 atom stereocenters. The molecule has 0 saturated carbocycles. The average Bonchev–Trinajstić information content (AvgIpc) is 2.86. The molecule has 6 nitrogen and oxygen atoms in total. The molecule has 0 aromatic carbocycles. The molecule has 2 unspecified atom stereocenters. The molecule has 1 aromatic rings. The van der Waals surface area contributed by atoms with Crippen molar-refractivity contribution in [1.29, 1.82) is 0 Å². The maximum atomic E-state index is 12.6. The fourth-order valence-electron chi connectivity index (χ4n) is 2.73. The van der Waals surface area contributed by atoms with Gasteiger partial charge in [0.2, 0.25) is 5.91 Å². The largest absolute Gasteiger partial charge is 0.465 e. The molecule has 1 N–H and O–H groups in total. The highest BCUT2D eigenvalue weighted by Crippen LogP contribution is 2.36. The fourth-order valence-corrected chi connectivity index (χ4v) is 2.73. The Balaban J connectivity index is 2.11. The van der Waals surface area contributed by atoms with Gasteiger partial charge >= 0.3 is 5.97 Å². The molecule has 1 heterocycles. The molecule has 0 fully saturated rings. The first-order valence-corrected chi connectivity index (χ1v) is 6.97. The Bertz CT molecular complexity index is 498. The number of likely N-dealkylation sites (N-methyl/N-ethyl adjacent to an activating group) is 1. The lowest BCUT2D eigenvalue weighted by Crippen LogP contribution is -2.39. The van der Waals surface area contributed by atoms with Crippen molar-refractivity contribution in [2.24, 2.45) is 5.92 Å². The van der Waals surface area contributed by atoms with Gasteiger partial charge < -0.3 is 9.64 Å². The summed E-state index contributed by atoms with van der Waals surface area (Å²) in [5.41, 5.74) is 2.00. The van der Waals surface area contributed by atoms with E-state index >= 15 is 0 Å². The number of fused-ring (bicyclic) bond motifs is 1. The summed E-state index contributed by atoms with van der Waals surface area (Å²) < 4.78 is 4.88. The van der Waals surface area contributed by atoms with Crippen LogP contribution in [0.1, 0.15) is 37.4 Å². The molecule has 1 amide bonds. The number of hydrogen-bond acceptors (Lipinski definition) is 4. The molecule has 20 heavy (non-hydrogen) atoms. The van der Waals surface area contributed by atoms with Gasteiger partial charge in [0.05, 0.1) is 18.7 Å². The molecule has 1 aromatic heterocycles. The highest BCUT2D eigenvalue weighted by atomic mass is 16.5. The molecule has 0 saturated heterocycles. The number of hydrogen-bond donors (Lipinski definition) is 1. The number of carbonyl (C=O) groups is 2. The Labute approximate surface area is 118 Å². The van der Waals surface area contributed by atoms with E-state index in [9.17, 15) is 9.59 Å². The Morgan fingerprint density at radius 3 is 3.00 bits per heavy atom. The number of aromatic nitrogens is 2. The topological polar surface area (TPSA) is 75.3 Å². The lowest BCUT2D eigenvalue weighted by Gasteiger charge is -2.30. The molecular weight excluding hydrogens is 258 g/mol. The Kier molecular flexibility index (Phi) is 4.42. The van der Waals surface area contributed by atoms with Crippen LogP contribution < -0.4 is 0 Å². The van der Waals surface area contributed by atoms with Crippen LogP contribution >= 0.6 is 0 Å². The van der Waals surface area contributed by atoms with Gasteiger partial charge in [-0.05, 0) is 25.7 Å². The summed E-state index contributed by atoms with van der Waals surface area (Å²) in [5.74, 6) is -0.402. The van der Waals surface area contributed by atoms with E-state index in [0.29, 0.717) is 6.61 Å². The summed E-state index contributed by atoms with van der Waals surface area (Å²) >= 11 is 0. The first-order valence-electron chi connectivity index (χ1n) is 6.97. The Morgan fingerprint density at radius 2 is 2.30 bits per heavy atom. The smallest absolute Gasteiger partial charge is 0.325 e. The third-order valence-electron chi connectivity index (χ3n) is 3.82. The lowest BCUT2D eigenvalue weighted by molar-refractivity contribution is -0.148. The molecule has 1 aliphatic rings. The van der Waals surface area contributed by atoms with Crippen LogP contribution in [0, 0.1) is 5.92 Å². The molecule has 0 aliphatic heterocycles. The molecule has 110 valence electrons. The van der Waals surface area contributed by atoms with E-state index in [2.05, 4.69) is 17.1 Å². The van der Waals surface area contributed by atoms with Gasteiger partial charge in [-0.15, -0.1) is 0 Å². The molecule has 2 rings (SSSR count). The second-order valence-electron chi connectivity index (χ2n) is 5.30. The number of aromatic amines is 1. The maximum Gasteiger partial charge on any atom is 0.325 e. The molecule has 6 heteroatoms. The number of aryl methyl sites for hydroxylation is 1. The summed E-state index contributed by atoms with van der Waals surface area (Å²) in [4.78, 5) is 25.5. The zero-order chi connectivity index (χ0) is 14.7. The van der Waals surface area contributed by atoms with Gasteiger partial charge in [-0.2, -0.15) is 5.10 Å². The molecule has 0 spiro atoms. The third kappa shape index (κ3) is 2.84. The standard InChI is InChI=1S/C14H21N3O3/c1-4-20-12(18)8-17(3)14(19)13-9(2)5-6-11-10(13)7-15-16-11/h7,9,13H,4-6,8H2,1-3H3,(H,15,16). The predicted molar refractivity (Wildman–Crippen MR) is 73.1 cm³/mol. The Morgan fingerprint density at radius 1 is 1.55 bits per heavy atom. The number of ether oxygens (including phenoxy) is 1. The second kappa shape index (κ2) is 6.07. The third-order valence-corrected chi connectivity index (χ3v) is 3.82. The summed E-state index contributed by atoms with van der Waals surface area (Å²) in [6.45, 7) is 4.13. The second-order valence-corrected chi connectivity index (χ2v) is 5.30. The van der Waals surface area contributed by atoms with Crippen molar-refractivity contribution >= 4 is 11.9 Å². The van der Waals surface area contributed by atoms with Crippen molar-refractivity contribution in [1.82, 2.24) is 15.1 Å². The lowest BCUT2D eigenvalue weighted by atomic mass is 9.78. The van der Waals surface area contributed by atoms with Gasteiger partial charge in [0.1, 0.15) is 6.54 Å². The van der Waals surface area contributed by atoms with Gasteiger partial charge in [-0.3, -0.25) is 14.7 Å². The monoisotopic (exact) mass is 279 g/mol. The Hall–Kier alpha value is -1.85. The molecule has 0 bridgehead atoms. The van der Waals surface area contributed by atoms with Crippen LogP contribution in [0.15, 0.2) is 6.20 Å².